The van der Waals surface area contributed by atoms with E-state index in [0.29, 0.717) is 5.82 Å². The molecule has 1 aliphatic rings. The number of aromatic nitrogens is 4. The maximum absolute atomic E-state index is 11.9. The van der Waals surface area contributed by atoms with Crippen LogP contribution in [0.15, 0.2) is 30.6 Å². The van der Waals surface area contributed by atoms with Gasteiger partial charge in [-0.1, -0.05) is 24.3 Å². The third kappa shape index (κ3) is 1.46. The minimum Gasteiger partial charge on any atom is -0.692 e. The van der Waals surface area contributed by atoms with E-state index in [2.05, 4.69) is 28.2 Å². The van der Waals surface area contributed by atoms with E-state index in [0.717, 1.165) is 41.0 Å². The lowest BCUT2D eigenvalue weighted by Crippen LogP contribution is -2.35. The van der Waals surface area contributed by atoms with Crippen molar-refractivity contribution < 1.29 is 4.85 Å². The first-order valence-electron chi connectivity index (χ1n) is 6.80. The van der Waals surface area contributed by atoms with Crippen molar-refractivity contribution in [2.75, 3.05) is 0 Å². The van der Waals surface area contributed by atoms with E-state index in [4.69, 9.17) is 0 Å². The normalized spacial score (nSPS) is 13.8. The largest absolute Gasteiger partial charge is 0.692 e. The summed E-state index contributed by atoms with van der Waals surface area (Å²) in [5, 5.41) is 11.9. The summed E-state index contributed by atoms with van der Waals surface area (Å²) in [4.78, 5) is 9.73. The maximum Gasteiger partial charge on any atom is 0.320 e. The summed E-state index contributed by atoms with van der Waals surface area (Å²) >= 11 is 0. The molecule has 20 heavy (non-hydrogen) atoms. The van der Waals surface area contributed by atoms with Gasteiger partial charge in [0.25, 0.3) is 5.65 Å². The van der Waals surface area contributed by atoms with Gasteiger partial charge >= 0.3 is 5.82 Å². The average molecular weight is 266 g/mol. The monoisotopic (exact) mass is 266 g/mol. The van der Waals surface area contributed by atoms with Crippen LogP contribution < -0.4 is 4.85 Å². The Labute approximate surface area is 116 Å². The van der Waals surface area contributed by atoms with Crippen LogP contribution in [0, 0.1) is 12.1 Å². The molecule has 0 fully saturated rings. The van der Waals surface area contributed by atoms with Crippen LogP contribution >= 0.6 is 0 Å². The highest BCUT2D eigenvalue weighted by atomic mass is 16.5. The molecule has 5 nitrogen and oxygen atoms in total. The first-order valence-corrected chi connectivity index (χ1v) is 6.80. The summed E-state index contributed by atoms with van der Waals surface area (Å²) in [7, 11) is 0. The molecule has 2 aromatic heterocycles. The van der Waals surface area contributed by atoms with E-state index in [-0.39, 0.29) is 0 Å². The van der Waals surface area contributed by atoms with Crippen molar-refractivity contribution in [2.45, 2.75) is 26.2 Å². The number of hydrogen-bond acceptors (Lipinski definition) is 3. The van der Waals surface area contributed by atoms with E-state index in [1.807, 2.05) is 6.07 Å². The van der Waals surface area contributed by atoms with Crippen LogP contribution in [0.25, 0.3) is 16.9 Å². The van der Waals surface area contributed by atoms with Gasteiger partial charge in [-0.15, -0.1) is 9.36 Å². The average Bonchev–Trinajstić information content (AvgIpc) is 2.66. The zero-order valence-corrected chi connectivity index (χ0v) is 11.2. The fourth-order valence-electron chi connectivity index (χ4n) is 2.98. The smallest absolute Gasteiger partial charge is 0.320 e. The molecule has 2 heterocycles. The van der Waals surface area contributed by atoms with E-state index in [1.165, 1.54) is 15.6 Å². The van der Waals surface area contributed by atoms with Crippen LogP contribution in [0.4, 0.5) is 0 Å². The van der Waals surface area contributed by atoms with Crippen molar-refractivity contribution in [3.63, 3.8) is 0 Å². The van der Waals surface area contributed by atoms with Gasteiger partial charge in [-0.25, -0.2) is 4.98 Å². The van der Waals surface area contributed by atoms with Crippen LogP contribution in [0.1, 0.15) is 23.4 Å². The van der Waals surface area contributed by atoms with Gasteiger partial charge in [-0.2, -0.15) is 0 Å². The van der Waals surface area contributed by atoms with Crippen molar-refractivity contribution >= 4 is 5.65 Å². The van der Waals surface area contributed by atoms with Crippen molar-refractivity contribution in [1.29, 1.82) is 0 Å². The third-order valence-corrected chi connectivity index (χ3v) is 3.95. The van der Waals surface area contributed by atoms with Gasteiger partial charge in [0, 0.05) is 12.5 Å². The molecule has 0 aliphatic heterocycles. The molecule has 0 atom stereocenters. The van der Waals surface area contributed by atoms with Crippen LogP contribution in [-0.4, -0.2) is 14.5 Å². The molecule has 4 rings (SSSR count). The molecule has 5 heteroatoms. The van der Waals surface area contributed by atoms with E-state index in [1.54, 1.807) is 13.3 Å². The second-order valence-electron chi connectivity index (χ2n) is 5.18. The lowest BCUT2D eigenvalue weighted by atomic mass is 10.0. The number of aryl methyl sites for hydroxylation is 3. The minimum atomic E-state index is 0.456. The molecule has 0 saturated carbocycles. The minimum absolute atomic E-state index is 0.456. The first-order chi connectivity index (χ1) is 9.75. The van der Waals surface area contributed by atoms with Gasteiger partial charge in [0.2, 0.25) is 0 Å². The predicted molar refractivity (Wildman–Crippen MR) is 74.1 cm³/mol. The molecule has 0 bridgehead atoms. The summed E-state index contributed by atoms with van der Waals surface area (Å²) in [6.07, 6.45) is 4.56. The number of rotatable bonds is 0. The summed E-state index contributed by atoms with van der Waals surface area (Å²) in [6, 6.07) is 8.35. The van der Waals surface area contributed by atoms with Gasteiger partial charge in [-0.3, -0.25) is 0 Å². The SMILES string of the molecule is Cc1nc2c3c(ncn2[n+]1[O-])-c1ccccc1CCC3. The molecule has 1 aromatic carbocycles. The lowest BCUT2D eigenvalue weighted by Gasteiger charge is -2.07. The standard InChI is InChI=1S/C15H14N4O/c1-10-17-15-13-8-4-6-11-5-2-3-7-12(11)14(13)16-9-18(15)19(10)20/h2-3,5,7,9H,4,6,8H2,1H3. The number of benzene rings is 1. The summed E-state index contributed by atoms with van der Waals surface area (Å²) in [5.74, 6) is 0.456. The number of fused-ring (bicyclic) bond motifs is 5. The van der Waals surface area contributed by atoms with Crippen LogP contribution in [0.2, 0.25) is 0 Å². The highest BCUT2D eigenvalue weighted by Crippen LogP contribution is 2.31. The second-order valence-corrected chi connectivity index (χ2v) is 5.18. The fourth-order valence-corrected chi connectivity index (χ4v) is 2.98. The van der Waals surface area contributed by atoms with Crippen molar-refractivity contribution in [3.05, 3.63) is 52.8 Å². The Morgan fingerprint density at radius 1 is 1.25 bits per heavy atom. The summed E-state index contributed by atoms with van der Waals surface area (Å²) < 4.78 is 1.49. The Bertz CT molecular complexity index is 822. The Hall–Kier alpha value is -2.43. The zero-order valence-electron chi connectivity index (χ0n) is 11.2. The van der Waals surface area contributed by atoms with Gasteiger partial charge in [0.05, 0.1) is 11.3 Å². The van der Waals surface area contributed by atoms with Crippen molar-refractivity contribution in [1.82, 2.24) is 14.5 Å². The van der Waals surface area contributed by atoms with Crippen LogP contribution in [0.3, 0.4) is 0 Å². The Morgan fingerprint density at radius 3 is 3.00 bits per heavy atom. The molecule has 100 valence electrons. The van der Waals surface area contributed by atoms with Crippen molar-refractivity contribution in [3.8, 4) is 11.3 Å². The highest BCUT2D eigenvalue weighted by Gasteiger charge is 2.23. The molecule has 0 spiro atoms. The van der Waals surface area contributed by atoms with E-state index in [9.17, 15) is 5.21 Å². The quantitative estimate of drug-likeness (QED) is 0.461. The van der Waals surface area contributed by atoms with Crippen molar-refractivity contribution in [2.24, 2.45) is 0 Å². The number of nitrogens with zero attached hydrogens (tertiary/aromatic N) is 4. The highest BCUT2D eigenvalue weighted by molar-refractivity contribution is 5.72. The molecule has 1 aliphatic carbocycles. The van der Waals surface area contributed by atoms with Crippen LogP contribution in [-0.2, 0) is 12.8 Å². The van der Waals surface area contributed by atoms with E-state index < -0.39 is 0 Å². The molecule has 0 radical (unpaired) electrons. The molecule has 0 N–H and O–H groups in total. The van der Waals surface area contributed by atoms with Gasteiger partial charge in [0.15, 0.2) is 0 Å². The topological polar surface area (TPSA) is 57.1 Å². The lowest BCUT2D eigenvalue weighted by molar-refractivity contribution is -0.684. The summed E-state index contributed by atoms with van der Waals surface area (Å²) in [5.41, 5.74) is 5.27. The molecular weight excluding hydrogens is 252 g/mol. The van der Waals surface area contributed by atoms with Crippen LogP contribution in [0.5, 0.6) is 0 Å². The molecule has 3 aromatic rings. The molecular formula is C15H14N4O. The summed E-state index contributed by atoms with van der Waals surface area (Å²) in [6.45, 7) is 1.72. The molecule has 0 unspecified atom stereocenters. The van der Waals surface area contributed by atoms with E-state index >= 15 is 0 Å². The Balaban J connectivity index is 2.09. The van der Waals surface area contributed by atoms with Gasteiger partial charge in [-0.05, 0) is 29.8 Å². The molecule has 0 amide bonds. The Morgan fingerprint density at radius 2 is 2.10 bits per heavy atom. The zero-order chi connectivity index (χ0) is 13.7. The third-order valence-electron chi connectivity index (χ3n) is 3.95. The second kappa shape index (κ2) is 4.03. The molecule has 0 saturated heterocycles. The first kappa shape index (κ1) is 11.4. The number of hydrogen-bond donors (Lipinski definition) is 0. The maximum atomic E-state index is 11.9. The fraction of sp³-hybridized carbons (Fsp3) is 0.267. The van der Waals surface area contributed by atoms with Gasteiger partial charge < -0.3 is 5.21 Å². The van der Waals surface area contributed by atoms with Gasteiger partial charge in [0.1, 0.15) is 6.33 Å². The predicted octanol–water partition coefficient (Wildman–Crippen LogP) is 1.83. The Kier molecular flexibility index (Phi) is 2.30.